The molecule has 3 heterocycles. The minimum absolute atomic E-state index is 0.270. The van der Waals surface area contributed by atoms with Gasteiger partial charge in [-0.15, -0.1) is 0 Å². The van der Waals surface area contributed by atoms with E-state index in [9.17, 15) is 4.79 Å². The zero-order valence-corrected chi connectivity index (χ0v) is 18.7. The van der Waals surface area contributed by atoms with Crippen LogP contribution in [-0.4, -0.2) is 73.8 Å². The molecule has 1 unspecified atom stereocenters. The van der Waals surface area contributed by atoms with E-state index < -0.39 is 0 Å². The molecule has 7 heteroatoms. The molecule has 4 rings (SSSR count). The zero-order chi connectivity index (χ0) is 21.5. The number of guanidine groups is 1. The maximum Gasteiger partial charge on any atom is 0.222 e. The molecule has 170 valence electrons. The molecule has 3 aliphatic heterocycles. The van der Waals surface area contributed by atoms with Crippen molar-refractivity contribution in [1.82, 2.24) is 15.1 Å². The van der Waals surface area contributed by atoms with E-state index in [1.165, 1.54) is 11.1 Å². The highest BCUT2D eigenvalue weighted by molar-refractivity contribution is 5.80. The maximum atomic E-state index is 11.9. The molecule has 3 aliphatic rings. The lowest BCUT2D eigenvalue weighted by molar-refractivity contribution is -0.128. The van der Waals surface area contributed by atoms with Gasteiger partial charge in [0.15, 0.2) is 5.96 Å². The van der Waals surface area contributed by atoms with Crippen molar-refractivity contribution in [2.75, 3.05) is 39.9 Å². The van der Waals surface area contributed by atoms with E-state index in [1.54, 1.807) is 0 Å². The first-order valence-corrected chi connectivity index (χ1v) is 11.8. The summed E-state index contributed by atoms with van der Waals surface area (Å²) in [6, 6.07) is 8.50. The Labute approximate surface area is 185 Å². The van der Waals surface area contributed by atoms with Gasteiger partial charge in [0, 0.05) is 52.8 Å². The first-order chi connectivity index (χ1) is 15.2. The molecular formula is C24H36N4O3. The Hall–Kier alpha value is -2.12. The minimum Gasteiger partial charge on any atom is -0.376 e. The van der Waals surface area contributed by atoms with Crippen molar-refractivity contribution < 1.29 is 14.3 Å². The van der Waals surface area contributed by atoms with Crippen LogP contribution in [0.4, 0.5) is 0 Å². The third kappa shape index (κ3) is 6.20. The van der Waals surface area contributed by atoms with Crippen molar-refractivity contribution in [1.29, 1.82) is 0 Å². The summed E-state index contributed by atoms with van der Waals surface area (Å²) in [5, 5.41) is 3.51. The van der Waals surface area contributed by atoms with Gasteiger partial charge in [-0.1, -0.05) is 24.3 Å². The van der Waals surface area contributed by atoms with Crippen molar-refractivity contribution in [3.8, 4) is 0 Å². The summed E-state index contributed by atoms with van der Waals surface area (Å²) in [6.07, 6.45) is 6.62. The molecule has 1 aromatic carbocycles. The van der Waals surface area contributed by atoms with E-state index in [4.69, 9.17) is 9.47 Å². The Morgan fingerprint density at radius 1 is 1.19 bits per heavy atom. The zero-order valence-electron chi connectivity index (χ0n) is 18.7. The molecule has 0 bridgehead atoms. The van der Waals surface area contributed by atoms with Crippen molar-refractivity contribution in [3.63, 3.8) is 0 Å². The van der Waals surface area contributed by atoms with Gasteiger partial charge in [0.25, 0.3) is 0 Å². The third-order valence-corrected chi connectivity index (χ3v) is 6.48. The van der Waals surface area contributed by atoms with E-state index in [2.05, 4.69) is 39.5 Å². The quantitative estimate of drug-likeness (QED) is 0.534. The number of nitrogens with zero attached hydrogens (tertiary/aromatic N) is 3. The highest BCUT2D eigenvalue weighted by Gasteiger charge is 2.24. The molecule has 0 spiro atoms. The standard InChI is InChI=1S/C24H36N4O3/c1-25-24(27-12-9-21(10-13-27)31-18-22-7-4-14-30-22)26-16-19-5-2-6-20(15-19)17-28-11-3-8-23(28)29/h2,5-6,15,21-22H,3-4,7-14,16-18H2,1H3,(H,25,26). The van der Waals surface area contributed by atoms with Crippen LogP contribution in [0.1, 0.15) is 49.7 Å². The molecule has 1 N–H and O–H groups in total. The summed E-state index contributed by atoms with van der Waals surface area (Å²) in [7, 11) is 1.85. The van der Waals surface area contributed by atoms with Gasteiger partial charge >= 0.3 is 0 Å². The molecule has 1 atom stereocenters. The lowest BCUT2D eigenvalue weighted by atomic mass is 10.1. The Kier molecular flexibility index (Phi) is 7.81. The summed E-state index contributed by atoms with van der Waals surface area (Å²) >= 11 is 0. The molecule has 31 heavy (non-hydrogen) atoms. The first kappa shape index (κ1) is 22.1. The van der Waals surface area contributed by atoms with Gasteiger partial charge in [-0.2, -0.15) is 0 Å². The summed E-state index contributed by atoms with van der Waals surface area (Å²) < 4.78 is 11.8. The second-order valence-corrected chi connectivity index (χ2v) is 8.79. The summed E-state index contributed by atoms with van der Waals surface area (Å²) in [4.78, 5) is 20.7. The molecule has 0 aliphatic carbocycles. The second kappa shape index (κ2) is 11.0. The second-order valence-electron chi connectivity index (χ2n) is 8.79. The fraction of sp³-hybridized carbons (Fsp3) is 0.667. The number of carbonyl (C=O) groups is 1. The highest BCUT2D eigenvalue weighted by Crippen LogP contribution is 2.18. The molecule has 0 aromatic heterocycles. The molecule has 0 radical (unpaired) electrons. The number of nitrogens with one attached hydrogen (secondary N) is 1. The average molecular weight is 429 g/mol. The van der Waals surface area contributed by atoms with E-state index >= 15 is 0 Å². The minimum atomic E-state index is 0.270. The Morgan fingerprint density at radius 3 is 2.74 bits per heavy atom. The number of amides is 1. The topological polar surface area (TPSA) is 66.4 Å². The predicted molar refractivity (Wildman–Crippen MR) is 121 cm³/mol. The van der Waals surface area contributed by atoms with Gasteiger partial charge in [-0.05, 0) is 43.2 Å². The van der Waals surface area contributed by atoms with Crippen molar-refractivity contribution in [2.45, 2.75) is 63.8 Å². The molecule has 1 amide bonds. The monoisotopic (exact) mass is 428 g/mol. The smallest absolute Gasteiger partial charge is 0.222 e. The first-order valence-electron chi connectivity index (χ1n) is 11.8. The number of likely N-dealkylation sites (tertiary alicyclic amines) is 2. The number of piperidine rings is 1. The summed E-state index contributed by atoms with van der Waals surface area (Å²) in [6.45, 7) is 5.83. The normalized spacial score (nSPS) is 23.1. The van der Waals surface area contributed by atoms with Gasteiger partial charge < -0.3 is 24.6 Å². The Morgan fingerprint density at radius 2 is 2.03 bits per heavy atom. The van der Waals surface area contributed by atoms with Crippen LogP contribution in [0.25, 0.3) is 0 Å². The maximum absolute atomic E-state index is 11.9. The number of hydrogen-bond donors (Lipinski definition) is 1. The van der Waals surface area contributed by atoms with Crippen molar-refractivity contribution in [2.24, 2.45) is 4.99 Å². The Bertz CT molecular complexity index is 755. The Balaban J connectivity index is 1.21. The van der Waals surface area contributed by atoms with Gasteiger partial charge in [0.2, 0.25) is 5.91 Å². The van der Waals surface area contributed by atoms with Crippen LogP contribution in [0.15, 0.2) is 29.3 Å². The molecular weight excluding hydrogens is 392 g/mol. The molecule has 1 aromatic rings. The van der Waals surface area contributed by atoms with E-state index in [0.29, 0.717) is 25.2 Å². The van der Waals surface area contributed by atoms with Crippen LogP contribution >= 0.6 is 0 Å². The lowest BCUT2D eigenvalue weighted by Gasteiger charge is -2.34. The average Bonchev–Trinajstić information content (AvgIpc) is 3.46. The van der Waals surface area contributed by atoms with Gasteiger partial charge in [-0.3, -0.25) is 9.79 Å². The number of rotatable bonds is 7. The predicted octanol–water partition coefficient (Wildman–Crippen LogP) is 2.54. The highest BCUT2D eigenvalue weighted by atomic mass is 16.5. The van der Waals surface area contributed by atoms with Crippen LogP contribution < -0.4 is 5.32 Å². The summed E-state index contributed by atoms with van der Waals surface area (Å²) in [5.74, 6) is 1.21. The van der Waals surface area contributed by atoms with Gasteiger partial charge in [-0.25, -0.2) is 0 Å². The number of hydrogen-bond acceptors (Lipinski definition) is 4. The molecule has 3 fully saturated rings. The number of ether oxygens (including phenoxy) is 2. The van der Waals surface area contributed by atoms with Crippen LogP contribution in [0.3, 0.4) is 0 Å². The third-order valence-electron chi connectivity index (χ3n) is 6.48. The molecule has 3 saturated heterocycles. The fourth-order valence-corrected chi connectivity index (χ4v) is 4.70. The van der Waals surface area contributed by atoms with Gasteiger partial charge in [0.05, 0.1) is 18.8 Å². The molecule has 0 saturated carbocycles. The van der Waals surface area contributed by atoms with E-state index in [0.717, 1.165) is 77.5 Å². The van der Waals surface area contributed by atoms with Crippen LogP contribution in [-0.2, 0) is 27.4 Å². The van der Waals surface area contributed by atoms with Crippen LogP contribution in [0.2, 0.25) is 0 Å². The van der Waals surface area contributed by atoms with Crippen LogP contribution in [0.5, 0.6) is 0 Å². The lowest BCUT2D eigenvalue weighted by Crippen LogP contribution is -2.47. The van der Waals surface area contributed by atoms with E-state index in [1.807, 2.05) is 11.9 Å². The SMILES string of the molecule is CN=C(NCc1cccc(CN2CCCC2=O)c1)N1CCC(OCC2CCCO2)CC1. The number of aliphatic imine (C=N–C) groups is 1. The van der Waals surface area contributed by atoms with Crippen molar-refractivity contribution in [3.05, 3.63) is 35.4 Å². The van der Waals surface area contributed by atoms with Crippen molar-refractivity contribution >= 4 is 11.9 Å². The largest absolute Gasteiger partial charge is 0.376 e. The fourth-order valence-electron chi connectivity index (χ4n) is 4.70. The van der Waals surface area contributed by atoms with Gasteiger partial charge in [0.1, 0.15) is 0 Å². The number of benzene rings is 1. The van der Waals surface area contributed by atoms with E-state index in [-0.39, 0.29) is 5.91 Å². The summed E-state index contributed by atoms with van der Waals surface area (Å²) in [5.41, 5.74) is 2.40. The molecule has 7 nitrogen and oxygen atoms in total. The number of carbonyl (C=O) groups excluding carboxylic acids is 1. The van der Waals surface area contributed by atoms with Crippen LogP contribution in [0, 0.1) is 0 Å².